The standard InChI is InChI=1S/C15H21FN2O5/c1-5-11(9-17-14(19)23-15(2,3)4)22-13-8-10(16)6-7-12(13)18(20)21/h6-8,11H,5,9H2,1-4H3,(H,17,19). The number of nitrogens with zero attached hydrogens (tertiary/aromatic N) is 1. The van der Waals surface area contributed by atoms with Crippen LogP contribution in [-0.4, -0.2) is 29.3 Å². The summed E-state index contributed by atoms with van der Waals surface area (Å²) in [5, 5.41) is 13.5. The van der Waals surface area contributed by atoms with Crippen LogP contribution in [0.1, 0.15) is 34.1 Å². The van der Waals surface area contributed by atoms with Crippen LogP contribution in [0.5, 0.6) is 5.75 Å². The maximum atomic E-state index is 13.3. The van der Waals surface area contributed by atoms with Crippen LogP contribution in [0.3, 0.4) is 0 Å². The first kappa shape index (κ1) is 18.7. The Kier molecular flexibility index (Phi) is 6.29. The van der Waals surface area contributed by atoms with Crippen LogP contribution in [0.15, 0.2) is 18.2 Å². The number of nitrogens with one attached hydrogen (secondary N) is 1. The lowest BCUT2D eigenvalue weighted by Gasteiger charge is -2.22. The Labute approximate surface area is 133 Å². The van der Waals surface area contributed by atoms with Gasteiger partial charge in [0.2, 0.25) is 0 Å². The number of ether oxygens (including phenoxy) is 2. The lowest BCUT2D eigenvalue weighted by molar-refractivity contribution is -0.386. The maximum Gasteiger partial charge on any atom is 0.407 e. The molecule has 23 heavy (non-hydrogen) atoms. The molecular formula is C15H21FN2O5. The van der Waals surface area contributed by atoms with Crippen molar-refractivity contribution >= 4 is 11.8 Å². The van der Waals surface area contributed by atoms with E-state index in [0.29, 0.717) is 6.42 Å². The van der Waals surface area contributed by atoms with E-state index >= 15 is 0 Å². The van der Waals surface area contributed by atoms with Gasteiger partial charge in [-0.15, -0.1) is 0 Å². The van der Waals surface area contributed by atoms with Crippen molar-refractivity contribution in [2.24, 2.45) is 0 Å². The number of rotatable bonds is 6. The Hall–Kier alpha value is -2.38. The predicted octanol–water partition coefficient (Wildman–Crippen LogP) is 3.42. The number of nitro benzene ring substituents is 1. The van der Waals surface area contributed by atoms with E-state index in [1.807, 2.05) is 0 Å². The van der Waals surface area contributed by atoms with Gasteiger partial charge in [0.15, 0.2) is 5.75 Å². The lowest BCUT2D eigenvalue weighted by Crippen LogP contribution is -2.38. The molecule has 1 amide bonds. The molecule has 1 unspecified atom stereocenters. The van der Waals surface area contributed by atoms with Crippen molar-refractivity contribution in [3.8, 4) is 5.75 Å². The highest BCUT2D eigenvalue weighted by Gasteiger charge is 2.21. The Balaban J connectivity index is 2.72. The molecule has 8 heteroatoms. The summed E-state index contributed by atoms with van der Waals surface area (Å²) in [6, 6.07) is 2.98. The molecule has 0 spiro atoms. The molecule has 0 heterocycles. The molecular weight excluding hydrogens is 307 g/mol. The van der Waals surface area contributed by atoms with Gasteiger partial charge in [-0.25, -0.2) is 9.18 Å². The fraction of sp³-hybridized carbons (Fsp3) is 0.533. The molecule has 1 rings (SSSR count). The van der Waals surface area contributed by atoms with Gasteiger partial charge in [0, 0.05) is 12.1 Å². The highest BCUT2D eigenvalue weighted by atomic mass is 19.1. The van der Waals surface area contributed by atoms with E-state index in [0.717, 1.165) is 18.2 Å². The van der Waals surface area contributed by atoms with E-state index in [4.69, 9.17) is 9.47 Å². The van der Waals surface area contributed by atoms with E-state index in [9.17, 15) is 19.3 Å². The van der Waals surface area contributed by atoms with Gasteiger partial charge in [0.05, 0.1) is 11.5 Å². The van der Waals surface area contributed by atoms with E-state index in [2.05, 4.69) is 5.32 Å². The van der Waals surface area contributed by atoms with Gasteiger partial charge < -0.3 is 14.8 Å². The summed E-state index contributed by atoms with van der Waals surface area (Å²) in [6.07, 6.45) is -0.708. The van der Waals surface area contributed by atoms with Crippen LogP contribution in [0.2, 0.25) is 0 Å². The van der Waals surface area contributed by atoms with Gasteiger partial charge in [0.25, 0.3) is 0 Å². The minimum absolute atomic E-state index is 0.0824. The second-order valence-corrected chi connectivity index (χ2v) is 5.90. The molecule has 1 aromatic rings. The topological polar surface area (TPSA) is 90.7 Å². The Bertz CT molecular complexity index is 571. The summed E-state index contributed by atoms with van der Waals surface area (Å²) in [6.45, 7) is 7.06. The largest absolute Gasteiger partial charge is 0.482 e. The van der Waals surface area contributed by atoms with Gasteiger partial charge in [-0.05, 0) is 33.3 Å². The summed E-state index contributed by atoms with van der Waals surface area (Å²) < 4.78 is 23.8. The van der Waals surface area contributed by atoms with Gasteiger partial charge in [0.1, 0.15) is 17.5 Å². The zero-order valence-corrected chi connectivity index (χ0v) is 13.6. The smallest absolute Gasteiger partial charge is 0.407 e. The van der Waals surface area contributed by atoms with Crippen LogP contribution in [-0.2, 0) is 4.74 Å². The summed E-state index contributed by atoms with van der Waals surface area (Å²) in [5.74, 6) is -0.812. The number of hydrogen-bond acceptors (Lipinski definition) is 5. The Morgan fingerprint density at radius 2 is 2.09 bits per heavy atom. The van der Waals surface area contributed by atoms with Crippen LogP contribution < -0.4 is 10.1 Å². The first-order valence-corrected chi connectivity index (χ1v) is 7.20. The number of hydrogen-bond donors (Lipinski definition) is 1. The first-order chi connectivity index (χ1) is 10.6. The minimum atomic E-state index is -0.650. The lowest BCUT2D eigenvalue weighted by atomic mass is 10.2. The zero-order valence-electron chi connectivity index (χ0n) is 13.6. The third-order valence-corrected chi connectivity index (χ3v) is 2.74. The van der Waals surface area contributed by atoms with Gasteiger partial charge in [-0.1, -0.05) is 6.92 Å². The molecule has 1 atom stereocenters. The molecule has 1 aromatic carbocycles. The van der Waals surface area contributed by atoms with Crippen molar-refractivity contribution in [2.75, 3.05) is 6.54 Å². The molecule has 1 N–H and O–H groups in total. The SMILES string of the molecule is CCC(CNC(=O)OC(C)(C)C)Oc1cc(F)ccc1[N+](=O)[O-]. The molecule has 0 saturated heterocycles. The number of alkyl carbamates (subject to hydrolysis) is 1. The van der Waals surface area contributed by atoms with Crippen molar-refractivity contribution in [1.29, 1.82) is 0 Å². The van der Waals surface area contributed by atoms with E-state index in [1.54, 1.807) is 27.7 Å². The van der Waals surface area contributed by atoms with E-state index < -0.39 is 28.5 Å². The molecule has 0 aliphatic rings. The van der Waals surface area contributed by atoms with Crippen molar-refractivity contribution in [3.63, 3.8) is 0 Å². The second-order valence-electron chi connectivity index (χ2n) is 5.90. The molecule has 128 valence electrons. The van der Waals surface area contributed by atoms with Crippen LogP contribution in [0.4, 0.5) is 14.9 Å². The van der Waals surface area contributed by atoms with Gasteiger partial charge in [-0.3, -0.25) is 10.1 Å². The third-order valence-electron chi connectivity index (χ3n) is 2.74. The third kappa shape index (κ3) is 6.50. The predicted molar refractivity (Wildman–Crippen MR) is 82.0 cm³/mol. The number of nitro groups is 1. The van der Waals surface area contributed by atoms with Gasteiger partial charge >= 0.3 is 11.8 Å². The van der Waals surface area contributed by atoms with Gasteiger partial charge in [-0.2, -0.15) is 0 Å². The molecule has 7 nitrogen and oxygen atoms in total. The normalized spacial score (nSPS) is 12.4. The highest BCUT2D eigenvalue weighted by Crippen LogP contribution is 2.28. The molecule has 0 bridgehead atoms. The monoisotopic (exact) mass is 328 g/mol. The summed E-state index contributed by atoms with van der Waals surface area (Å²) in [4.78, 5) is 21.9. The average molecular weight is 328 g/mol. The average Bonchev–Trinajstić information content (AvgIpc) is 2.41. The fourth-order valence-electron chi connectivity index (χ4n) is 1.69. The van der Waals surface area contributed by atoms with Crippen molar-refractivity contribution in [1.82, 2.24) is 5.32 Å². The molecule has 0 radical (unpaired) electrons. The fourth-order valence-corrected chi connectivity index (χ4v) is 1.69. The quantitative estimate of drug-likeness (QED) is 0.638. The zero-order chi connectivity index (χ0) is 17.6. The number of amides is 1. The van der Waals surface area contributed by atoms with Crippen LogP contribution in [0, 0.1) is 15.9 Å². The summed E-state index contributed by atoms with van der Waals surface area (Å²) in [7, 11) is 0. The Morgan fingerprint density at radius 1 is 1.43 bits per heavy atom. The summed E-state index contributed by atoms with van der Waals surface area (Å²) >= 11 is 0. The number of benzene rings is 1. The Morgan fingerprint density at radius 3 is 2.61 bits per heavy atom. The molecule has 0 fully saturated rings. The van der Waals surface area contributed by atoms with Crippen LogP contribution >= 0.6 is 0 Å². The highest BCUT2D eigenvalue weighted by molar-refractivity contribution is 5.67. The van der Waals surface area contributed by atoms with Crippen molar-refractivity contribution < 1.29 is 23.6 Å². The van der Waals surface area contributed by atoms with E-state index in [-0.39, 0.29) is 18.0 Å². The first-order valence-electron chi connectivity index (χ1n) is 7.20. The molecule has 0 aliphatic carbocycles. The number of carbonyl (C=O) groups excluding carboxylic acids is 1. The summed E-state index contributed by atoms with van der Waals surface area (Å²) in [5.41, 5.74) is -0.962. The maximum absolute atomic E-state index is 13.3. The molecule has 0 saturated carbocycles. The van der Waals surface area contributed by atoms with Crippen molar-refractivity contribution in [3.05, 3.63) is 34.1 Å². The number of carbonyl (C=O) groups is 1. The molecule has 0 aliphatic heterocycles. The molecule has 0 aromatic heterocycles. The number of halogens is 1. The minimum Gasteiger partial charge on any atom is -0.482 e. The van der Waals surface area contributed by atoms with Crippen molar-refractivity contribution in [2.45, 2.75) is 45.8 Å². The van der Waals surface area contributed by atoms with Crippen LogP contribution in [0.25, 0.3) is 0 Å². The second kappa shape index (κ2) is 7.75. The van der Waals surface area contributed by atoms with E-state index in [1.165, 1.54) is 0 Å².